The molecule has 4 aliphatic rings. The minimum atomic E-state index is 0. The van der Waals surface area contributed by atoms with E-state index in [2.05, 4.69) is 43.6 Å². The summed E-state index contributed by atoms with van der Waals surface area (Å²) in [6, 6.07) is 0.834. The molecule has 2 heteroatoms. The van der Waals surface area contributed by atoms with Crippen LogP contribution in [0.5, 0.6) is 0 Å². The topological polar surface area (TPSA) is 24.1 Å². The minimum Gasteiger partial charge on any atom is -0.312 e. The normalized spacial score (nSPS) is 33.2. The van der Waals surface area contributed by atoms with Gasteiger partial charge < -0.3 is 10.6 Å². The van der Waals surface area contributed by atoms with Crippen molar-refractivity contribution in [1.29, 1.82) is 0 Å². The summed E-state index contributed by atoms with van der Waals surface area (Å²) in [5.74, 6) is 4.17. The molecular formula is C23H42N2. The van der Waals surface area contributed by atoms with Gasteiger partial charge in [-0.3, -0.25) is 0 Å². The van der Waals surface area contributed by atoms with Gasteiger partial charge in [0.25, 0.3) is 0 Å². The summed E-state index contributed by atoms with van der Waals surface area (Å²) in [6.07, 6.45) is 14.7. The quantitative estimate of drug-likeness (QED) is 0.436. The van der Waals surface area contributed by atoms with Crippen LogP contribution >= 0.6 is 0 Å². The number of nitrogens with one attached hydrogen (secondary N) is 2. The van der Waals surface area contributed by atoms with Gasteiger partial charge in [-0.2, -0.15) is 0 Å². The maximum Gasteiger partial charge on any atom is 0.0137 e. The van der Waals surface area contributed by atoms with Crippen molar-refractivity contribution >= 4 is 0 Å². The van der Waals surface area contributed by atoms with Crippen molar-refractivity contribution in [3.63, 3.8) is 0 Å². The zero-order valence-corrected chi connectivity index (χ0v) is 16.1. The first-order valence-corrected chi connectivity index (χ1v) is 10.3. The van der Waals surface area contributed by atoms with Crippen LogP contribution in [0.1, 0.15) is 73.1 Å². The van der Waals surface area contributed by atoms with E-state index in [-0.39, 0.29) is 7.43 Å². The summed E-state index contributed by atoms with van der Waals surface area (Å²) in [6.45, 7) is 9.86. The van der Waals surface area contributed by atoms with Gasteiger partial charge in [-0.25, -0.2) is 0 Å². The lowest BCUT2D eigenvalue weighted by Gasteiger charge is -2.54. The highest BCUT2D eigenvalue weighted by atomic mass is 15.0. The molecule has 0 aromatic carbocycles. The van der Waals surface area contributed by atoms with Crippen LogP contribution in [-0.2, 0) is 0 Å². The van der Waals surface area contributed by atoms with Crippen molar-refractivity contribution in [2.24, 2.45) is 23.7 Å². The van der Waals surface area contributed by atoms with E-state index >= 15 is 0 Å². The van der Waals surface area contributed by atoms with Gasteiger partial charge in [-0.1, -0.05) is 30.7 Å². The first-order valence-electron chi connectivity index (χ1n) is 10.3. The Hall–Kier alpha value is -0.600. The highest BCUT2D eigenvalue weighted by Crippen LogP contribution is 2.53. The Bertz CT molecular complexity index is 431. The third kappa shape index (κ3) is 5.96. The van der Waals surface area contributed by atoms with Crippen LogP contribution in [0.4, 0.5) is 0 Å². The van der Waals surface area contributed by atoms with E-state index in [1.807, 2.05) is 0 Å². The molecule has 0 unspecified atom stereocenters. The molecule has 4 fully saturated rings. The Balaban J connectivity index is 0.00000225. The van der Waals surface area contributed by atoms with Gasteiger partial charge in [0.15, 0.2) is 0 Å². The molecule has 0 saturated heterocycles. The maximum absolute atomic E-state index is 3.91. The van der Waals surface area contributed by atoms with E-state index in [1.54, 1.807) is 6.42 Å². The van der Waals surface area contributed by atoms with Crippen molar-refractivity contribution in [2.45, 2.75) is 79.2 Å². The third-order valence-electron chi connectivity index (χ3n) is 6.59. The zero-order chi connectivity index (χ0) is 16.9. The summed E-state index contributed by atoms with van der Waals surface area (Å²) in [5, 5.41) is 7.49. The van der Waals surface area contributed by atoms with Gasteiger partial charge in [0.2, 0.25) is 0 Å². The minimum absolute atomic E-state index is 0. The van der Waals surface area contributed by atoms with Gasteiger partial charge in [0, 0.05) is 25.7 Å². The van der Waals surface area contributed by atoms with Crippen LogP contribution < -0.4 is 10.6 Å². The Kier molecular flexibility index (Phi) is 8.22. The van der Waals surface area contributed by atoms with Crippen LogP contribution in [-0.4, -0.2) is 25.7 Å². The molecule has 0 aliphatic heterocycles. The van der Waals surface area contributed by atoms with Gasteiger partial charge in [0.05, 0.1) is 0 Å². The van der Waals surface area contributed by atoms with E-state index in [0.29, 0.717) is 0 Å². The molecule has 2 N–H and O–H groups in total. The van der Waals surface area contributed by atoms with Gasteiger partial charge in [-0.15, -0.1) is 0 Å². The molecule has 2 nitrogen and oxygen atoms in total. The fourth-order valence-corrected chi connectivity index (χ4v) is 5.62. The summed E-state index contributed by atoms with van der Waals surface area (Å²) in [7, 11) is 0. The highest BCUT2D eigenvalue weighted by molar-refractivity contribution is 5.03. The summed E-state index contributed by atoms with van der Waals surface area (Å²) >= 11 is 0. The van der Waals surface area contributed by atoms with Crippen molar-refractivity contribution < 1.29 is 0 Å². The van der Waals surface area contributed by atoms with Crippen molar-refractivity contribution in [3.05, 3.63) is 23.3 Å². The fourth-order valence-electron chi connectivity index (χ4n) is 5.62. The molecule has 4 saturated carbocycles. The van der Waals surface area contributed by atoms with Crippen LogP contribution in [0.15, 0.2) is 23.3 Å². The van der Waals surface area contributed by atoms with Crippen LogP contribution in [0.25, 0.3) is 0 Å². The predicted molar refractivity (Wildman–Crippen MR) is 111 cm³/mol. The molecule has 0 atom stereocenters. The molecule has 4 rings (SSSR count). The smallest absolute Gasteiger partial charge is 0.0137 e. The summed E-state index contributed by atoms with van der Waals surface area (Å²) < 4.78 is 0. The molecule has 144 valence electrons. The number of hydrogen-bond donors (Lipinski definition) is 2. The Labute approximate surface area is 156 Å². The third-order valence-corrected chi connectivity index (χ3v) is 6.59. The zero-order valence-electron chi connectivity index (χ0n) is 16.1. The molecule has 4 bridgehead atoms. The molecule has 0 radical (unpaired) electrons. The average Bonchev–Trinajstić information content (AvgIpc) is 2.51. The number of allylic oxidation sites excluding steroid dienone is 3. The van der Waals surface area contributed by atoms with Gasteiger partial charge in [-0.05, 0) is 89.4 Å². The second kappa shape index (κ2) is 9.92. The molecule has 0 aromatic rings. The molecule has 0 aromatic heterocycles. The van der Waals surface area contributed by atoms with E-state index in [0.717, 1.165) is 49.3 Å². The fraction of sp³-hybridized carbons (Fsp3) is 0.826. The lowest BCUT2D eigenvalue weighted by Crippen LogP contribution is -2.55. The molecule has 0 amide bonds. The first kappa shape index (κ1) is 20.7. The first-order chi connectivity index (χ1) is 11.6. The standard InChI is InChI=1S/C22H38N2.CH4/c1-16(2)5-4-6-17(3)7-8-23-9-10-24-22-20-12-18-11-19(14-20)15-21(22)13-18;/h5,7,18-24H,4,6,8-15H2,1-3H3;1H4/b17-7+;. The van der Waals surface area contributed by atoms with Crippen LogP contribution in [0.3, 0.4) is 0 Å². The number of rotatable bonds is 9. The monoisotopic (exact) mass is 346 g/mol. The van der Waals surface area contributed by atoms with Crippen LogP contribution in [0, 0.1) is 23.7 Å². The average molecular weight is 347 g/mol. The summed E-state index contributed by atoms with van der Waals surface area (Å²) in [4.78, 5) is 0. The second-order valence-electron chi connectivity index (χ2n) is 8.99. The SMILES string of the molecule is C.CC(C)=CCC/C(C)=C/CNCCNC1C2CC3CC(C2)CC1C3. The van der Waals surface area contributed by atoms with Gasteiger partial charge in [0.1, 0.15) is 0 Å². The number of hydrogen-bond acceptors (Lipinski definition) is 2. The highest BCUT2D eigenvalue weighted by Gasteiger charge is 2.47. The molecule has 0 spiro atoms. The van der Waals surface area contributed by atoms with Crippen molar-refractivity contribution in [2.75, 3.05) is 19.6 Å². The van der Waals surface area contributed by atoms with Crippen molar-refractivity contribution in [3.8, 4) is 0 Å². The van der Waals surface area contributed by atoms with Gasteiger partial charge >= 0.3 is 0 Å². The van der Waals surface area contributed by atoms with E-state index < -0.39 is 0 Å². The van der Waals surface area contributed by atoms with E-state index in [4.69, 9.17) is 0 Å². The van der Waals surface area contributed by atoms with E-state index in [1.165, 1.54) is 49.7 Å². The maximum atomic E-state index is 3.91. The Morgan fingerprint density at radius 2 is 1.52 bits per heavy atom. The Morgan fingerprint density at radius 3 is 2.12 bits per heavy atom. The Morgan fingerprint density at radius 1 is 0.880 bits per heavy atom. The van der Waals surface area contributed by atoms with Crippen molar-refractivity contribution in [1.82, 2.24) is 10.6 Å². The predicted octanol–water partition coefficient (Wildman–Crippen LogP) is 5.32. The molecular weight excluding hydrogens is 304 g/mol. The lowest BCUT2D eigenvalue weighted by atomic mass is 9.54. The largest absolute Gasteiger partial charge is 0.312 e. The molecule has 0 heterocycles. The van der Waals surface area contributed by atoms with Crippen LogP contribution in [0.2, 0.25) is 0 Å². The molecule has 4 aliphatic carbocycles. The van der Waals surface area contributed by atoms with E-state index in [9.17, 15) is 0 Å². The second-order valence-corrected chi connectivity index (χ2v) is 8.99. The lowest BCUT2D eigenvalue weighted by molar-refractivity contribution is -0.0133. The summed E-state index contributed by atoms with van der Waals surface area (Å²) in [5.41, 5.74) is 2.94. The molecule has 25 heavy (non-hydrogen) atoms.